The lowest BCUT2D eigenvalue weighted by molar-refractivity contribution is -0.147. The minimum absolute atomic E-state index is 0.0203. The first-order chi connectivity index (χ1) is 15.5. The average molecular weight is 444 g/mol. The number of aromatic nitrogens is 2. The van der Waals surface area contributed by atoms with Crippen molar-refractivity contribution in [1.82, 2.24) is 9.97 Å². The van der Waals surface area contributed by atoms with Crippen molar-refractivity contribution >= 4 is 23.7 Å². The molecule has 0 spiro atoms. The Morgan fingerprint density at radius 3 is 2.34 bits per heavy atom. The van der Waals surface area contributed by atoms with Gasteiger partial charge in [-0.3, -0.25) is 14.4 Å². The number of rotatable bonds is 12. The van der Waals surface area contributed by atoms with Gasteiger partial charge in [0, 0.05) is 6.42 Å². The molecule has 1 aromatic heterocycles. The number of benzene rings is 1. The molecule has 0 fully saturated rings. The number of hydrogen-bond acceptors (Lipinski definition) is 8. The van der Waals surface area contributed by atoms with E-state index in [1.54, 1.807) is 13.8 Å². The van der Waals surface area contributed by atoms with Gasteiger partial charge in [-0.25, -0.2) is 14.8 Å². The van der Waals surface area contributed by atoms with E-state index >= 15 is 0 Å². The summed E-state index contributed by atoms with van der Waals surface area (Å²) in [5.74, 6) is -2.14. The fourth-order valence-electron chi connectivity index (χ4n) is 2.86. The van der Waals surface area contributed by atoms with Gasteiger partial charge in [-0.15, -0.1) is 0 Å². The summed E-state index contributed by atoms with van der Waals surface area (Å²) < 4.78 is 10.1. The van der Waals surface area contributed by atoms with Crippen LogP contribution in [0, 0.1) is 0 Å². The summed E-state index contributed by atoms with van der Waals surface area (Å²) in [6, 6.07) is 9.45. The van der Waals surface area contributed by atoms with Gasteiger partial charge in [0.25, 0.3) is 5.91 Å². The first-order valence-electron chi connectivity index (χ1n) is 10.7. The highest BCUT2D eigenvalue weighted by molar-refractivity contribution is 6.05. The molecular formula is C23H29N3O6. The Morgan fingerprint density at radius 1 is 0.969 bits per heavy atom. The molecule has 2 aromatic rings. The second-order valence-electron chi connectivity index (χ2n) is 6.76. The van der Waals surface area contributed by atoms with Gasteiger partial charge in [0.1, 0.15) is 18.3 Å². The zero-order valence-electron chi connectivity index (χ0n) is 18.7. The van der Waals surface area contributed by atoms with Gasteiger partial charge in [-0.1, -0.05) is 43.7 Å². The van der Waals surface area contributed by atoms with E-state index in [1.807, 2.05) is 37.3 Å². The number of nitrogens with zero attached hydrogens (tertiary/aromatic N) is 3. The molecule has 0 saturated carbocycles. The third-order valence-corrected chi connectivity index (χ3v) is 4.34. The highest BCUT2D eigenvalue weighted by Gasteiger charge is 2.30. The smallest absolute Gasteiger partial charge is 0.343 e. The summed E-state index contributed by atoms with van der Waals surface area (Å²) in [6.07, 6.45) is 2.51. The predicted octanol–water partition coefficient (Wildman–Crippen LogP) is 3.26. The van der Waals surface area contributed by atoms with Gasteiger partial charge in [0.05, 0.1) is 25.5 Å². The highest BCUT2D eigenvalue weighted by Crippen LogP contribution is 2.25. The highest BCUT2D eigenvalue weighted by atomic mass is 16.7. The van der Waals surface area contributed by atoms with E-state index in [1.165, 1.54) is 6.33 Å². The lowest BCUT2D eigenvalue weighted by Gasteiger charge is -2.23. The normalized spacial score (nSPS) is 10.5. The Hall–Kier alpha value is -3.33. The van der Waals surface area contributed by atoms with Gasteiger partial charge in [0.2, 0.25) is 0 Å². The number of unbranched alkanes of at least 4 members (excludes halogenated alkanes) is 1. The minimum Gasteiger partial charge on any atom is -0.466 e. The monoisotopic (exact) mass is 443 g/mol. The zero-order chi connectivity index (χ0) is 23.3. The first-order valence-corrected chi connectivity index (χ1v) is 10.7. The van der Waals surface area contributed by atoms with Crippen molar-refractivity contribution in [2.45, 2.75) is 46.5 Å². The molecule has 32 heavy (non-hydrogen) atoms. The molecule has 172 valence electrons. The van der Waals surface area contributed by atoms with E-state index in [9.17, 15) is 14.4 Å². The van der Waals surface area contributed by atoms with Crippen LogP contribution < -0.4 is 5.06 Å². The third kappa shape index (κ3) is 7.12. The van der Waals surface area contributed by atoms with E-state index in [4.69, 9.17) is 14.3 Å². The van der Waals surface area contributed by atoms with E-state index in [0.29, 0.717) is 18.5 Å². The van der Waals surface area contributed by atoms with Gasteiger partial charge >= 0.3 is 11.9 Å². The Kier molecular flexibility index (Phi) is 10.3. The summed E-state index contributed by atoms with van der Waals surface area (Å²) >= 11 is 0. The van der Waals surface area contributed by atoms with Crippen molar-refractivity contribution < 1.29 is 28.7 Å². The topological polar surface area (TPSA) is 108 Å². The van der Waals surface area contributed by atoms with Crippen LogP contribution in [0.1, 0.15) is 61.6 Å². The molecule has 0 saturated heterocycles. The fraction of sp³-hybridized carbons (Fsp3) is 0.435. The quantitative estimate of drug-likeness (QED) is 0.213. The van der Waals surface area contributed by atoms with Crippen molar-refractivity contribution in [1.29, 1.82) is 0 Å². The number of carbonyl (C=O) groups is 3. The molecule has 9 heteroatoms. The Morgan fingerprint density at radius 2 is 1.69 bits per heavy atom. The largest absolute Gasteiger partial charge is 0.466 e. The Labute approximate surface area is 187 Å². The maximum atomic E-state index is 12.9. The second kappa shape index (κ2) is 13.2. The molecule has 0 aliphatic carbocycles. The number of ether oxygens (including phenoxy) is 2. The van der Waals surface area contributed by atoms with Gasteiger partial charge < -0.3 is 9.47 Å². The van der Waals surface area contributed by atoms with Crippen LogP contribution in [0.5, 0.6) is 0 Å². The maximum absolute atomic E-state index is 12.9. The third-order valence-electron chi connectivity index (χ3n) is 4.34. The van der Waals surface area contributed by atoms with Gasteiger partial charge in [-0.2, -0.15) is 5.06 Å². The van der Waals surface area contributed by atoms with Gasteiger partial charge in [-0.05, 0) is 25.8 Å². The predicted molar refractivity (Wildman–Crippen MR) is 117 cm³/mol. The Balaban J connectivity index is 2.49. The number of hydrogen-bond donors (Lipinski definition) is 0. The van der Waals surface area contributed by atoms with Crippen LogP contribution in [0.3, 0.4) is 0 Å². The summed E-state index contributed by atoms with van der Waals surface area (Å²) in [5.41, 5.74) is 1.32. The molecule has 0 unspecified atom stereocenters. The lowest BCUT2D eigenvalue weighted by atomic mass is 10.1. The van der Waals surface area contributed by atoms with Crippen LogP contribution in [0.15, 0.2) is 36.7 Å². The molecule has 0 bridgehead atoms. The average Bonchev–Trinajstić information content (AvgIpc) is 2.77. The molecule has 1 heterocycles. The van der Waals surface area contributed by atoms with Crippen LogP contribution in [-0.4, -0.2) is 47.6 Å². The van der Waals surface area contributed by atoms with Crippen LogP contribution in [0.4, 0.5) is 5.82 Å². The van der Waals surface area contributed by atoms with Crippen LogP contribution in [0.25, 0.3) is 0 Å². The number of anilines is 1. The first kappa shape index (κ1) is 24.9. The van der Waals surface area contributed by atoms with Crippen LogP contribution >= 0.6 is 0 Å². The Bertz CT molecular complexity index is 904. The lowest BCUT2D eigenvalue weighted by Crippen LogP contribution is -2.36. The number of carbonyl (C=O) groups excluding carboxylic acids is 3. The van der Waals surface area contributed by atoms with Crippen molar-refractivity contribution in [3.05, 3.63) is 53.5 Å². The molecule has 1 aromatic carbocycles. The molecule has 9 nitrogen and oxygen atoms in total. The summed E-state index contributed by atoms with van der Waals surface area (Å²) in [7, 11) is 0. The summed E-state index contributed by atoms with van der Waals surface area (Å²) in [6.45, 7) is 5.78. The van der Waals surface area contributed by atoms with E-state index < -0.39 is 24.3 Å². The molecule has 0 N–H and O–H groups in total. The molecule has 0 radical (unpaired) electrons. The van der Waals surface area contributed by atoms with E-state index in [0.717, 1.165) is 17.0 Å². The maximum Gasteiger partial charge on any atom is 0.343 e. The van der Waals surface area contributed by atoms with Crippen LogP contribution in [-0.2, 0) is 30.3 Å². The minimum atomic E-state index is -0.700. The molecule has 0 atom stereocenters. The van der Waals surface area contributed by atoms with Crippen molar-refractivity contribution in [3.8, 4) is 0 Å². The van der Waals surface area contributed by atoms with E-state index in [-0.39, 0.29) is 31.2 Å². The van der Waals surface area contributed by atoms with Crippen molar-refractivity contribution in [2.75, 3.05) is 24.9 Å². The van der Waals surface area contributed by atoms with E-state index in [2.05, 4.69) is 9.97 Å². The fourth-order valence-corrected chi connectivity index (χ4v) is 2.86. The standard InChI is InChI=1S/C23H29N3O6/c1-4-7-13-32-26(19(27)15-20(28)30-5-2)22-21(23(29)31-6-3)18(24-16-25-22)14-17-11-9-8-10-12-17/h8-12,16H,4-7,13-15H2,1-3H3. The summed E-state index contributed by atoms with van der Waals surface area (Å²) in [4.78, 5) is 51.8. The van der Waals surface area contributed by atoms with Crippen molar-refractivity contribution in [3.63, 3.8) is 0 Å². The number of amides is 1. The SMILES string of the molecule is CCCCON(C(=O)CC(=O)OCC)c1ncnc(Cc2ccccc2)c1C(=O)OCC. The molecule has 2 rings (SSSR count). The van der Waals surface area contributed by atoms with Crippen LogP contribution in [0.2, 0.25) is 0 Å². The molecule has 1 amide bonds. The zero-order valence-corrected chi connectivity index (χ0v) is 18.7. The summed E-state index contributed by atoms with van der Waals surface area (Å²) in [5, 5.41) is 0.884. The number of esters is 2. The van der Waals surface area contributed by atoms with Gasteiger partial charge in [0.15, 0.2) is 5.82 Å². The second-order valence-corrected chi connectivity index (χ2v) is 6.76. The molecule has 0 aliphatic rings. The van der Waals surface area contributed by atoms with Crippen molar-refractivity contribution in [2.24, 2.45) is 0 Å². The number of hydroxylamine groups is 1. The molecule has 0 aliphatic heterocycles. The molecular weight excluding hydrogens is 414 g/mol.